The molecule has 0 aromatic heterocycles. The Morgan fingerprint density at radius 2 is 1.88 bits per heavy atom. The normalized spacial score (nSPS) is 26.6. The quantitative estimate of drug-likeness (QED) is 0.884. The number of carbonyl (C=O) groups excluding carboxylic acids is 1. The minimum atomic E-state index is -0.773. The van der Waals surface area contributed by atoms with E-state index in [0.29, 0.717) is 6.54 Å². The topological polar surface area (TPSA) is 68.2 Å². The summed E-state index contributed by atoms with van der Waals surface area (Å²) in [5, 5.41) is 10.2. The lowest BCUT2D eigenvalue weighted by molar-refractivity contribution is -0.152. The molecule has 142 valence electrons. The van der Waals surface area contributed by atoms with Crippen molar-refractivity contribution in [1.29, 1.82) is 0 Å². The van der Waals surface area contributed by atoms with E-state index in [4.69, 9.17) is 14.2 Å². The summed E-state index contributed by atoms with van der Waals surface area (Å²) in [4.78, 5) is 13.6. The lowest BCUT2D eigenvalue weighted by atomic mass is 10.0. The van der Waals surface area contributed by atoms with Crippen LogP contribution in [0.3, 0.4) is 0 Å². The molecule has 1 aromatic rings. The molecule has 2 fully saturated rings. The molecule has 0 aliphatic carbocycles. The highest BCUT2D eigenvalue weighted by Gasteiger charge is 2.49. The molecular formula is C19H31NO5. The third-order valence-electron chi connectivity index (χ3n) is 3.87. The van der Waals surface area contributed by atoms with Crippen LogP contribution < -0.4 is 0 Å². The molecule has 2 saturated heterocycles. The van der Waals surface area contributed by atoms with Gasteiger partial charge in [-0.25, -0.2) is 4.79 Å². The second-order valence-corrected chi connectivity index (χ2v) is 6.15. The number of piperidine rings is 1. The van der Waals surface area contributed by atoms with Crippen molar-refractivity contribution in [1.82, 2.24) is 4.90 Å². The number of carbonyl (C=O) groups is 1. The molecule has 1 N–H and O–H groups in total. The molecule has 2 aliphatic heterocycles. The first kappa shape index (κ1) is 21.4. The van der Waals surface area contributed by atoms with E-state index in [1.807, 2.05) is 44.2 Å². The zero-order valence-electron chi connectivity index (χ0n) is 14.8. The average molecular weight is 353 g/mol. The molecule has 0 bridgehead atoms. The second-order valence-electron chi connectivity index (χ2n) is 6.15. The summed E-state index contributed by atoms with van der Waals surface area (Å²) in [6.45, 7) is 8.36. The van der Waals surface area contributed by atoms with Crippen LogP contribution in [0.2, 0.25) is 0 Å². The number of aliphatic hydroxyl groups is 1. The highest BCUT2D eigenvalue weighted by Crippen LogP contribution is 2.33. The van der Waals surface area contributed by atoms with Gasteiger partial charge < -0.3 is 24.2 Å². The van der Waals surface area contributed by atoms with Crippen LogP contribution in [0.15, 0.2) is 30.3 Å². The van der Waals surface area contributed by atoms with Crippen LogP contribution in [0, 0.1) is 0 Å². The Kier molecular flexibility index (Phi) is 7.86. The van der Waals surface area contributed by atoms with Gasteiger partial charge in [0.2, 0.25) is 0 Å². The summed E-state index contributed by atoms with van der Waals surface area (Å²) in [6.07, 6.45) is -1.95. The van der Waals surface area contributed by atoms with E-state index in [1.165, 1.54) is 4.90 Å². The van der Waals surface area contributed by atoms with Crippen molar-refractivity contribution in [2.24, 2.45) is 0 Å². The first-order chi connectivity index (χ1) is 11.4. The van der Waals surface area contributed by atoms with Crippen LogP contribution in [0.25, 0.3) is 0 Å². The van der Waals surface area contributed by atoms with Crippen molar-refractivity contribution < 1.29 is 24.1 Å². The van der Waals surface area contributed by atoms with Crippen LogP contribution in [-0.4, -0.2) is 53.3 Å². The lowest BCUT2D eigenvalue weighted by Gasteiger charge is -2.35. The van der Waals surface area contributed by atoms with E-state index in [-0.39, 0.29) is 26.7 Å². The molecule has 6 heteroatoms. The minimum absolute atomic E-state index is 0. The zero-order chi connectivity index (χ0) is 17.7. The summed E-state index contributed by atoms with van der Waals surface area (Å²) >= 11 is 0. The largest absolute Gasteiger partial charge is 0.445 e. The molecule has 1 amide bonds. The first-order valence-electron chi connectivity index (χ1n) is 8.44. The summed E-state index contributed by atoms with van der Waals surface area (Å²) in [5.41, 5.74) is 0.924. The van der Waals surface area contributed by atoms with Crippen molar-refractivity contribution in [2.75, 3.05) is 13.1 Å². The molecular weight excluding hydrogens is 322 g/mol. The Hall–Kier alpha value is -1.63. The van der Waals surface area contributed by atoms with Gasteiger partial charge in [-0.05, 0) is 19.4 Å². The molecule has 2 aliphatic rings. The Bertz CT molecular complexity index is 534. The van der Waals surface area contributed by atoms with Crippen molar-refractivity contribution in [3.05, 3.63) is 35.9 Å². The molecule has 0 spiro atoms. The predicted octanol–water partition coefficient (Wildman–Crippen LogP) is 3.18. The van der Waals surface area contributed by atoms with Gasteiger partial charge >= 0.3 is 6.09 Å². The van der Waals surface area contributed by atoms with Gasteiger partial charge in [-0.2, -0.15) is 0 Å². The number of benzene rings is 1. The maximum Gasteiger partial charge on any atom is 0.410 e. The molecule has 6 nitrogen and oxygen atoms in total. The number of hydrogen-bond donors (Lipinski definition) is 1. The second kappa shape index (κ2) is 9.17. The highest BCUT2D eigenvalue weighted by atomic mass is 16.8. The number of likely N-dealkylation sites (tertiary alicyclic amines) is 1. The van der Waals surface area contributed by atoms with Gasteiger partial charge in [0.25, 0.3) is 0 Å². The van der Waals surface area contributed by atoms with Gasteiger partial charge in [-0.1, -0.05) is 51.6 Å². The molecule has 3 unspecified atom stereocenters. The predicted molar refractivity (Wildman–Crippen MR) is 96.1 cm³/mol. The molecule has 1 aromatic carbocycles. The monoisotopic (exact) mass is 353 g/mol. The van der Waals surface area contributed by atoms with Crippen molar-refractivity contribution in [3.63, 3.8) is 0 Å². The van der Waals surface area contributed by atoms with Gasteiger partial charge in [0.05, 0.1) is 13.1 Å². The Balaban J connectivity index is 0.00000101. The molecule has 25 heavy (non-hydrogen) atoms. The molecule has 3 rings (SSSR count). The van der Waals surface area contributed by atoms with E-state index in [0.717, 1.165) is 5.56 Å². The van der Waals surface area contributed by atoms with Gasteiger partial charge in [0.15, 0.2) is 5.79 Å². The number of amides is 1. The van der Waals surface area contributed by atoms with Gasteiger partial charge in [0.1, 0.15) is 24.9 Å². The number of β-amino-alcohol motifs (C(OH)–C–C–N with tert-alkyl or cyclic N) is 1. The van der Waals surface area contributed by atoms with E-state index >= 15 is 0 Å². The lowest BCUT2D eigenvalue weighted by Crippen LogP contribution is -2.55. The van der Waals surface area contributed by atoms with Gasteiger partial charge in [0, 0.05) is 0 Å². The number of aliphatic hydroxyl groups excluding tert-OH is 1. The van der Waals surface area contributed by atoms with E-state index in [9.17, 15) is 9.90 Å². The van der Waals surface area contributed by atoms with Crippen molar-refractivity contribution in [2.45, 2.75) is 65.8 Å². The third-order valence-corrected chi connectivity index (χ3v) is 3.87. The Morgan fingerprint density at radius 1 is 1.24 bits per heavy atom. The molecule has 3 atom stereocenters. The average Bonchev–Trinajstić information content (AvgIpc) is 2.90. The number of nitrogens with zero attached hydrogens (tertiary/aromatic N) is 1. The standard InChI is InChI=1S/C16H21NO5.C2H6.CH4/c1-16(2)21-13-9-17(8-12(18)14(13)22-16)15(19)20-10-11-6-4-3-5-7-11;1-2;/h3-7,12-14,18H,8-10H2,1-2H3;1-2H3;1H4. The summed E-state index contributed by atoms with van der Waals surface area (Å²) in [5.74, 6) is -0.736. The molecule has 0 radical (unpaired) electrons. The van der Waals surface area contributed by atoms with E-state index in [2.05, 4.69) is 0 Å². The smallest absolute Gasteiger partial charge is 0.410 e. The summed E-state index contributed by atoms with van der Waals surface area (Å²) < 4.78 is 16.7. The van der Waals surface area contributed by atoms with E-state index < -0.39 is 24.1 Å². The number of rotatable bonds is 2. The number of hydrogen-bond acceptors (Lipinski definition) is 5. The van der Waals surface area contributed by atoms with Crippen LogP contribution in [0.4, 0.5) is 4.79 Å². The van der Waals surface area contributed by atoms with Crippen LogP contribution in [-0.2, 0) is 20.8 Å². The van der Waals surface area contributed by atoms with Crippen LogP contribution in [0.1, 0.15) is 40.7 Å². The first-order valence-corrected chi connectivity index (χ1v) is 8.44. The van der Waals surface area contributed by atoms with Gasteiger partial charge in [-0.3, -0.25) is 0 Å². The minimum Gasteiger partial charge on any atom is -0.445 e. The van der Waals surface area contributed by atoms with E-state index in [1.54, 1.807) is 13.8 Å². The maximum atomic E-state index is 12.2. The number of ether oxygens (including phenoxy) is 3. The zero-order valence-corrected chi connectivity index (χ0v) is 14.8. The van der Waals surface area contributed by atoms with Gasteiger partial charge in [-0.15, -0.1) is 0 Å². The van der Waals surface area contributed by atoms with Crippen LogP contribution in [0.5, 0.6) is 0 Å². The fourth-order valence-corrected chi connectivity index (χ4v) is 2.91. The summed E-state index contributed by atoms with van der Waals surface area (Å²) in [7, 11) is 0. The maximum absolute atomic E-state index is 12.2. The molecule has 0 saturated carbocycles. The SMILES string of the molecule is C.CC.CC1(C)OC2CN(C(=O)OCc3ccccc3)CC(O)C2O1. The fraction of sp³-hybridized carbons (Fsp3) is 0.632. The number of fused-ring (bicyclic) bond motifs is 1. The third kappa shape index (κ3) is 5.42. The summed E-state index contributed by atoms with van der Waals surface area (Å²) in [6, 6.07) is 9.48. The fourth-order valence-electron chi connectivity index (χ4n) is 2.91. The molecule has 2 heterocycles. The Labute approximate surface area is 150 Å². The highest BCUT2D eigenvalue weighted by molar-refractivity contribution is 5.68. The van der Waals surface area contributed by atoms with Crippen molar-refractivity contribution in [3.8, 4) is 0 Å². The van der Waals surface area contributed by atoms with Crippen molar-refractivity contribution >= 4 is 6.09 Å². The Morgan fingerprint density at radius 3 is 2.52 bits per heavy atom. The van der Waals surface area contributed by atoms with Crippen LogP contribution >= 0.6 is 0 Å².